The number of carbonyl (C=O) groups is 2. The average Bonchev–Trinajstić information content (AvgIpc) is 3.95. The first-order valence-electron chi connectivity index (χ1n) is 20.0. The Kier molecular flexibility index (Phi) is 20.3. The van der Waals surface area contributed by atoms with E-state index in [2.05, 4.69) is 57.3 Å². The molecule has 3 rings (SSSR count). The van der Waals surface area contributed by atoms with Crippen molar-refractivity contribution >= 4 is 11.9 Å². The highest BCUT2D eigenvalue weighted by Gasteiger charge is 2.21. The summed E-state index contributed by atoms with van der Waals surface area (Å²) in [6.07, 6.45) is 18.9. The molecule has 1 fully saturated rings. The molecule has 1 saturated heterocycles. The van der Waals surface area contributed by atoms with Gasteiger partial charge in [-0.3, -0.25) is 0 Å². The second-order valence-electron chi connectivity index (χ2n) is 14.5. The van der Waals surface area contributed by atoms with E-state index in [4.69, 9.17) is 23.7 Å². The molecule has 0 bridgehead atoms. The zero-order valence-corrected chi connectivity index (χ0v) is 32.8. The van der Waals surface area contributed by atoms with E-state index < -0.39 is 0 Å². The molecule has 52 heavy (non-hydrogen) atoms. The Morgan fingerprint density at radius 3 is 1.73 bits per heavy atom. The van der Waals surface area contributed by atoms with E-state index >= 15 is 0 Å². The number of carbonyl (C=O) groups excluding carboxylic acids is 2. The predicted molar refractivity (Wildman–Crippen MR) is 211 cm³/mol. The van der Waals surface area contributed by atoms with Crippen LogP contribution in [0.4, 0.5) is 0 Å². The molecule has 1 atom stereocenters. The van der Waals surface area contributed by atoms with Crippen LogP contribution < -0.4 is 9.47 Å². The summed E-state index contributed by atoms with van der Waals surface area (Å²) in [6, 6.07) is 10.8. The molecule has 1 heterocycles. The Morgan fingerprint density at radius 2 is 1.21 bits per heavy atom. The maximum atomic E-state index is 12.1. The second kappa shape index (κ2) is 24.6. The van der Waals surface area contributed by atoms with Gasteiger partial charge in [0.25, 0.3) is 0 Å². The van der Waals surface area contributed by atoms with Crippen molar-refractivity contribution in [2.24, 2.45) is 0 Å². The number of esters is 2. The monoisotopic (exact) mass is 718 g/mol. The molecule has 0 spiro atoms. The van der Waals surface area contributed by atoms with E-state index in [1.54, 1.807) is 13.8 Å². The number of aryl methyl sites for hydroxylation is 3. The molecule has 7 heteroatoms. The van der Waals surface area contributed by atoms with Gasteiger partial charge in [-0.25, -0.2) is 9.59 Å². The minimum Gasteiger partial charge on any atom is -0.494 e. The SMILES string of the molecule is C=C(C)C(=O)OCCCc1cc(-c2ccc(OCCCCCCCCCC)cc2C)cc(CCCOC(=O)C(=C)C)c1OCCCCCCC1CO1. The van der Waals surface area contributed by atoms with Crippen molar-refractivity contribution in [3.05, 3.63) is 71.3 Å². The lowest BCUT2D eigenvalue weighted by molar-refractivity contribution is -0.139. The molecule has 0 amide bonds. The van der Waals surface area contributed by atoms with Crippen LogP contribution in [0.3, 0.4) is 0 Å². The van der Waals surface area contributed by atoms with Crippen LogP contribution in [0.15, 0.2) is 54.6 Å². The van der Waals surface area contributed by atoms with Gasteiger partial charge in [-0.05, 0) is 118 Å². The number of benzene rings is 2. The highest BCUT2D eigenvalue weighted by Crippen LogP contribution is 2.36. The van der Waals surface area contributed by atoms with E-state index in [1.165, 1.54) is 57.8 Å². The Hall–Kier alpha value is -3.58. The summed E-state index contributed by atoms with van der Waals surface area (Å²) >= 11 is 0. The summed E-state index contributed by atoms with van der Waals surface area (Å²) in [4.78, 5) is 24.1. The third-order valence-corrected chi connectivity index (χ3v) is 9.43. The molecule has 0 aliphatic carbocycles. The fourth-order valence-electron chi connectivity index (χ4n) is 6.28. The first kappa shape index (κ1) is 42.8. The smallest absolute Gasteiger partial charge is 0.333 e. The van der Waals surface area contributed by atoms with Crippen LogP contribution >= 0.6 is 0 Å². The van der Waals surface area contributed by atoms with Crippen LogP contribution in [0.1, 0.15) is 134 Å². The Balaban J connectivity index is 1.75. The van der Waals surface area contributed by atoms with Gasteiger partial charge >= 0.3 is 11.9 Å². The van der Waals surface area contributed by atoms with E-state index in [-0.39, 0.29) is 11.9 Å². The number of rotatable bonds is 29. The highest BCUT2D eigenvalue weighted by molar-refractivity contribution is 5.87. The summed E-state index contributed by atoms with van der Waals surface area (Å²) in [5.74, 6) is 1.04. The van der Waals surface area contributed by atoms with Crippen LogP contribution in [-0.4, -0.2) is 51.1 Å². The van der Waals surface area contributed by atoms with Crippen LogP contribution in [0, 0.1) is 6.92 Å². The van der Waals surface area contributed by atoms with Crippen molar-refractivity contribution in [1.29, 1.82) is 0 Å². The van der Waals surface area contributed by atoms with Crippen LogP contribution in [0.25, 0.3) is 11.1 Å². The summed E-state index contributed by atoms with van der Waals surface area (Å²) in [6.45, 7) is 18.0. The van der Waals surface area contributed by atoms with Gasteiger partial charge in [-0.1, -0.05) is 90.4 Å². The zero-order valence-electron chi connectivity index (χ0n) is 32.8. The van der Waals surface area contributed by atoms with E-state index in [0.717, 1.165) is 78.2 Å². The first-order chi connectivity index (χ1) is 25.2. The highest BCUT2D eigenvalue weighted by atomic mass is 16.6. The molecule has 2 aromatic rings. The fourth-order valence-corrected chi connectivity index (χ4v) is 6.28. The van der Waals surface area contributed by atoms with Crippen LogP contribution in [0.2, 0.25) is 0 Å². The topological polar surface area (TPSA) is 83.6 Å². The Morgan fingerprint density at radius 1 is 0.692 bits per heavy atom. The molecule has 0 radical (unpaired) electrons. The summed E-state index contributed by atoms with van der Waals surface area (Å²) in [5.41, 5.74) is 6.33. The van der Waals surface area contributed by atoms with Gasteiger partial charge in [0.05, 0.1) is 39.1 Å². The van der Waals surface area contributed by atoms with Gasteiger partial charge in [-0.2, -0.15) is 0 Å². The zero-order chi connectivity index (χ0) is 37.6. The largest absolute Gasteiger partial charge is 0.494 e. The van der Waals surface area contributed by atoms with Gasteiger partial charge in [0.15, 0.2) is 0 Å². The molecule has 7 nitrogen and oxygen atoms in total. The number of ether oxygens (including phenoxy) is 5. The molecule has 0 saturated carbocycles. The van der Waals surface area contributed by atoms with Crippen molar-refractivity contribution in [1.82, 2.24) is 0 Å². The summed E-state index contributed by atoms with van der Waals surface area (Å²) < 4.78 is 29.0. The van der Waals surface area contributed by atoms with Crippen molar-refractivity contribution in [3.63, 3.8) is 0 Å². The van der Waals surface area contributed by atoms with Crippen molar-refractivity contribution in [2.75, 3.05) is 33.0 Å². The van der Waals surface area contributed by atoms with Gasteiger partial charge in [0.1, 0.15) is 11.5 Å². The third-order valence-electron chi connectivity index (χ3n) is 9.43. The predicted octanol–water partition coefficient (Wildman–Crippen LogP) is 11.0. The Labute approximate surface area is 314 Å². The van der Waals surface area contributed by atoms with Crippen molar-refractivity contribution in [2.45, 2.75) is 143 Å². The lowest BCUT2D eigenvalue weighted by Gasteiger charge is -2.20. The minimum absolute atomic E-state index is 0.302. The maximum absolute atomic E-state index is 12.1. The summed E-state index contributed by atoms with van der Waals surface area (Å²) in [7, 11) is 0. The molecule has 1 aliphatic heterocycles. The number of hydrogen-bond acceptors (Lipinski definition) is 7. The van der Waals surface area contributed by atoms with Crippen molar-refractivity contribution in [3.8, 4) is 22.6 Å². The molecule has 1 unspecified atom stereocenters. The average molecular weight is 719 g/mol. The van der Waals surface area contributed by atoms with Crippen molar-refractivity contribution < 1.29 is 33.3 Å². The molecule has 2 aromatic carbocycles. The third kappa shape index (κ3) is 16.8. The number of hydrogen-bond donors (Lipinski definition) is 0. The summed E-state index contributed by atoms with van der Waals surface area (Å²) in [5, 5.41) is 0. The standard InChI is InChI=1S/C45H66O7/c1-7-8-9-10-11-12-14-17-26-48-40-24-25-42(36(6)30-40)39-31-37(21-19-28-50-44(46)34(2)3)43(49-27-18-15-13-16-23-41-33-52-41)38(32-39)22-20-29-51-45(47)35(4)5/h24-25,30-32,41H,2,4,7-23,26-29,33H2,1,3,5-6H3. The van der Waals surface area contributed by atoms with Gasteiger partial charge < -0.3 is 23.7 Å². The maximum Gasteiger partial charge on any atom is 0.333 e. The lowest BCUT2D eigenvalue weighted by Crippen LogP contribution is -2.10. The van der Waals surface area contributed by atoms with E-state index in [1.807, 2.05) is 0 Å². The molecule has 0 N–H and O–H groups in total. The van der Waals surface area contributed by atoms with Gasteiger partial charge in [-0.15, -0.1) is 0 Å². The fraction of sp³-hybridized carbons (Fsp3) is 0.600. The van der Waals surface area contributed by atoms with E-state index in [9.17, 15) is 9.59 Å². The molecule has 0 aromatic heterocycles. The number of epoxide rings is 1. The molecule has 1 aliphatic rings. The van der Waals surface area contributed by atoms with Crippen LogP contribution in [0.5, 0.6) is 11.5 Å². The molecule has 288 valence electrons. The second-order valence-corrected chi connectivity index (χ2v) is 14.5. The van der Waals surface area contributed by atoms with E-state index in [0.29, 0.717) is 62.8 Å². The van der Waals surface area contributed by atoms with Gasteiger partial charge in [0, 0.05) is 11.1 Å². The lowest BCUT2D eigenvalue weighted by atomic mass is 9.92. The van der Waals surface area contributed by atoms with Gasteiger partial charge in [0.2, 0.25) is 0 Å². The Bertz CT molecular complexity index is 1350. The first-order valence-corrected chi connectivity index (χ1v) is 20.0. The molecular weight excluding hydrogens is 652 g/mol. The number of unbranched alkanes of at least 4 members (excludes halogenated alkanes) is 10. The van der Waals surface area contributed by atoms with Crippen LogP contribution in [-0.2, 0) is 36.6 Å². The minimum atomic E-state index is -0.371. The normalized spacial score (nSPS) is 13.4. The quantitative estimate of drug-likeness (QED) is 0.0358. The molecular formula is C45H66O7.